The van der Waals surface area contributed by atoms with Gasteiger partial charge >= 0.3 is 0 Å². The summed E-state index contributed by atoms with van der Waals surface area (Å²) in [4.78, 5) is 0. The van der Waals surface area contributed by atoms with Crippen LogP contribution in [0.15, 0.2) is 27.2 Å². The minimum atomic E-state index is 0.411. The molecule has 0 radical (unpaired) electrons. The molecule has 2 rings (SSSR count). The van der Waals surface area contributed by atoms with Crippen molar-refractivity contribution in [2.24, 2.45) is 0 Å². The first-order valence-electron chi connectivity index (χ1n) is 7.03. The molecule has 1 heterocycles. The van der Waals surface area contributed by atoms with Crippen molar-refractivity contribution >= 4 is 15.9 Å². The lowest BCUT2D eigenvalue weighted by atomic mass is 10.1. The maximum Gasteiger partial charge on any atom is 0.134 e. The highest BCUT2D eigenvalue weighted by Crippen LogP contribution is 2.29. The van der Waals surface area contributed by atoms with Gasteiger partial charge < -0.3 is 14.6 Å². The van der Waals surface area contributed by atoms with Gasteiger partial charge in [-0.25, -0.2) is 0 Å². The van der Waals surface area contributed by atoms with E-state index < -0.39 is 0 Å². The molecule has 0 saturated carbocycles. The smallest absolute Gasteiger partial charge is 0.134 e. The monoisotopic (exact) mass is 352 g/mol. The zero-order chi connectivity index (χ0) is 15.4. The average Bonchev–Trinajstić information content (AvgIpc) is 2.80. The fourth-order valence-corrected chi connectivity index (χ4v) is 2.70. The third-order valence-corrected chi connectivity index (χ3v) is 3.52. The highest BCUT2D eigenvalue weighted by Gasteiger charge is 2.11. The molecule has 1 aromatic carbocycles. The summed E-state index contributed by atoms with van der Waals surface area (Å²) in [5, 5.41) is 7.38. The molecule has 1 N–H and O–H groups in total. The summed E-state index contributed by atoms with van der Waals surface area (Å²) in [6.07, 6.45) is 0. The highest BCUT2D eigenvalue weighted by atomic mass is 79.9. The molecular formula is C16H21BrN2O2. The van der Waals surface area contributed by atoms with Gasteiger partial charge in [-0.1, -0.05) is 34.9 Å². The molecule has 2 aromatic rings. The number of aromatic nitrogens is 1. The Kier molecular flexibility index (Phi) is 5.42. The number of rotatable bonds is 6. The lowest BCUT2D eigenvalue weighted by Gasteiger charge is -2.16. The van der Waals surface area contributed by atoms with E-state index in [-0.39, 0.29) is 0 Å². The third-order valence-electron chi connectivity index (χ3n) is 3.06. The molecule has 0 atom stereocenters. The molecule has 0 aliphatic rings. The predicted octanol–water partition coefficient (Wildman–Crippen LogP) is 4.13. The van der Waals surface area contributed by atoms with Crippen LogP contribution in [-0.2, 0) is 13.2 Å². The minimum absolute atomic E-state index is 0.411. The molecule has 0 spiro atoms. The van der Waals surface area contributed by atoms with Crippen molar-refractivity contribution < 1.29 is 9.26 Å². The first-order chi connectivity index (χ1) is 9.95. The van der Waals surface area contributed by atoms with Crippen molar-refractivity contribution in [3.8, 4) is 5.75 Å². The molecule has 4 nitrogen and oxygen atoms in total. The number of halogens is 1. The summed E-state index contributed by atoms with van der Waals surface area (Å²) in [5.41, 5.74) is 3.04. The van der Waals surface area contributed by atoms with Gasteiger partial charge in [-0.05, 0) is 31.5 Å². The molecule has 0 saturated heterocycles. The Morgan fingerprint density at radius 1 is 1.29 bits per heavy atom. The molecule has 1 aromatic heterocycles. The molecule has 0 unspecified atom stereocenters. The zero-order valence-electron chi connectivity index (χ0n) is 12.9. The van der Waals surface area contributed by atoms with E-state index in [1.807, 2.05) is 19.9 Å². The van der Waals surface area contributed by atoms with Crippen molar-refractivity contribution in [2.45, 2.75) is 46.9 Å². The maximum atomic E-state index is 5.97. The van der Waals surface area contributed by atoms with Crippen LogP contribution in [0.2, 0.25) is 0 Å². The molecule has 114 valence electrons. The summed E-state index contributed by atoms with van der Waals surface area (Å²) in [7, 11) is 0. The van der Waals surface area contributed by atoms with Crippen LogP contribution in [0, 0.1) is 13.8 Å². The summed E-state index contributed by atoms with van der Waals surface area (Å²) in [5.74, 6) is 1.70. The van der Waals surface area contributed by atoms with Crippen LogP contribution < -0.4 is 10.1 Å². The molecule has 0 amide bonds. The molecule has 0 bridgehead atoms. The van der Waals surface area contributed by atoms with E-state index in [0.29, 0.717) is 12.6 Å². The number of nitrogens with zero attached hydrogens (tertiary/aromatic N) is 1. The SMILES string of the molecule is Cc1cc(COc2c(C)cc(Br)cc2CNC(C)C)no1. The van der Waals surface area contributed by atoms with E-state index in [1.165, 1.54) is 0 Å². The van der Waals surface area contributed by atoms with Crippen molar-refractivity contribution in [1.29, 1.82) is 0 Å². The number of hydrogen-bond acceptors (Lipinski definition) is 4. The van der Waals surface area contributed by atoms with Crippen LogP contribution in [0.25, 0.3) is 0 Å². The summed E-state index contributed by atoms with van der Waals surface area (Å²) in [6, 6.07) is 6.46. The Labute approximate surface area is 134 Å². The fraction of sp³-hybridized carbons (Fsp3) is 0.438. The van der Waals surface area contributed by atoms with Crippen molar-refractivity contribution in [2.75, 3.05) is 0 Å². The van der Waals surface area contributed by atoms with Crippen LogP contribution >= 0.6 is 15.9 Å². The first-order valence-corrected chi connectivity index (χ1v) is 7.82. The molecule has 5 heteroatoms. The van der Waals surface area contributed by atoms with E-state index >= 15 is 0 Å². The lowest BCUT2D eigenvalue weighted by molar-refractivity contribution is 0.282. The first kappa shape index (κ1) is 16.0. The Hall–Kier alpha value is -1.33. The Balaban J connectivity index is 2.15. The van der Waals surface area contributed by atoms with Gasteiger partial charge in [0.05, 0.1) is 0 Å². The van der Waals surface area contributed by atoms with Gasteiger partial charge in [0.2, 0.25) is 0 Å². The van der Waals surface area contributed by atoms with E-state index in [0.717, 1.165) is 39.3 Å². The third kappa shape index (κ3) is 4.58. The molecule has 21 heavy (non-hydrogen) atoms. The highest BCUT2D eigenvalue weighted by molar-refractivity contribution is 9.10. The van der Waals surface area contributed by atoms with Gasteiger partial charge in [-0.3, -0.25) is 0 Å². The van der Waals surface area contributed by atoms with Crippen LogP contribution in [0.5, 0.6) is 5.75 Å². The summed E-state index contributed by atoms with van der Waals surface area (Å²) < 4.78 is 12.1. The molecule has 0 fully saturated rings. The molecule has 0 aliphatic carbocycles. The Bertz CT molecular complexity index is 608. The zero-order valence-corrected chi connectivity index (χ0v) is 14.5. The van der Waals surface area contributed by atoms with E-state index in [4.69, 9.17) is 9.26 Å². The summed E-state index contributed by atoms with van der Waals surface area (Å²) >= 11 is 3.54. The van der Waals surface area contributed by atoms with E-state index in [2.05, 4.69) is 52.4 Å². The number of nitrogens with one attached hydrogen (secondary N) is 1. The second-order valence-electron chi connectivity index (χ2n) is 5.46. The van der Waals surface area contributed by atoms with Gasteiger partial charge in [0, 0.05) is 28.7 Å². The van der Waals surface area contributed by atoms with Gasteiger partial charge in [-0.2, -0.15) is 0 Å². The predicted molar refractivity (Wildman–Crippen MR) is 86.4 cm³/mol. The normalized spacial score (nSPS) is 11.1. The van der Waals surface area contributed by atoms with Gasteiger partial charge in [0.15, 0.2) is 0 Å². The van der Waals surface area contributed by atoms with Crippen molar-refractivity contribution in [3.05, 3.63) is 45.3 Å². The number of ether oxygens (including phenoxy) is 1. The maximum absolute atomic E-state index is 5.97. The quantitative estimate of drug-likeness (QED) is 0.848. The van der Waals surface area contributed by atoms with Crippen LogP contribution in [0.1, 0.15) is 36.4 Å². The van der Waals surface area contributed by atoms with Gasteiger partial charge in [-0.15, -0.1) is 0 Å². The molecule has 0 aliphatic heterocycles. The van der Waals surface area contributed by atoms with Gasteiger partial charge in [0.25, 0.3) is 0 Å². The van der Waals surface area contributed by atoms with Crippen LogP contribution in [0.4, 0.5) is 0 Å². The Morgan fingerprint density at radius 3 is 2.67 bits per heavy atom. The molecular weight excluding hydrogens is 332 g/mol. The van der Waals surface area contributed by atoms with E-state index in [9.17, 15) is 0 Å². The lowest BCUT2D eigenvalue weighted by Crippen LogP contribution is -2.22. The fourth-order valence-electron chi connectivity index (χ4n) is 2.08. The minimum Gasteiger partial charge on any atom is -0.487 e. The van der Waals surface area contributed by atoms with Crippen LogP contribution in [-0.4, -0.2) is 11.2 Å². The van der Waals surface area contributed by atoms with Crippen molar-refractivity contribution in [1.82, 2.24) is 10.5 Å². The average molecular weight is 353 g/mol. The number of benzene rings is 1. The second kappa shape index (κ2) is 7.09. The largest absolute Gasteiger partial charge is 0.487 e. The topological polar surface area (TPSA) is 47.3 Å². The van der Waals surface area contributed by atoms with Crippen molar-refractivity contribution in [3.63, 3.8) is 0 Å². The Morgan fingerprint density at radius 2 is 2.05 bits per heavy atom. The van der Waals surface area contributed by atoms with E-state index in [1.54, 1.807) is 0 Å². The number of aryl methyl sites for hydroxylation is 2. The second-order valence-corrected chi connectivity index (χ2v) is 6.38. The number of hydrogen-bond donors (Lipinski definition) is 1. The van der Waals surface area contributed by atoms with Gasteiger partial charge in [0.1, 0.15) is 23.8 Å². The summed E-state index contributed by atoms with van der Waals surface area (Å²) in [6.45, 7) is 9.36. The van der Waals surface area contributed by atoms with Crippen LogP contribution in [0.3, 0.4) is 0 Å². The standard InChI is InChI=1S/C16H21BrN2O2/c1-10(2)18-8-13-7-14(17)5-11(3)16(13)20-9-15-6-12(4)21-19-15/h5-7,10,18H,8-9H2,1-4H3.